The van der Waals surface area contributed by atoms with Crippen molar-refractivity contribution in [3.63, 3.8) is 0 Å². The first-order valence-corrected chi connectivity index (χ1v) is 6.77. The molecule has 1 amide bonds. The zero-order valence-corrected chi connectivity index (χ0v) is 11.6. The normalized spacial score (nSPS) is 19.1. The lowest BCUT2D eigenvalue weighted by Crippen LogP contribution is -2.49. The first-order valence-electron chi connectivity index (χ1n) is 6.77. The maximum absolute atomic E-state index is 12.2. The summed E-state index contributed by atoms with van der Waals surface area (Å²) in [5, 5.41) is 17.2. The molecule has 0 aromatic heterocycles. The molecule has 110 valence electrons. The fourth-order valence-corrected chi connectivity index (χ4v) is 2.09. The van der Waals surface area contributed by atoms with Crippen LogP contribution in [0.25, 0.3) is 0 Å². The van der Waals surface area contributed by atoms with Gasteiger partial charge in [0.05, 0.1) is 44.2 Å². The maximum Gasteiger partial charge on any atom is 0.236 e. The first kappa shape index (κ1) is 16.4. The van der Waals surface area contributed by atoms with E-state index < -0.39 is 0 Å². The van der Waals surface area contributed by atoms with Crippen molar-refractivity contribution in [1.82, 2.24) is 9.80 Å². The van der Waals surface area contributed by atoms with Gasteiger partial charge in [0.25, 0.3) is 0 Å². The highest BCUT2D eigenvalue weighted by Crippen LogP contribution is 2.05. The SMILES string of the molecule is N#CCCN(CCC#N)C(=O)CN1CCOC(CN)C1. The van der Waals surface area contributed by atoms with E-state index in [-0.39, 0.29) is 31.4 Å². The highest BCUT2D eigenvalue weighted by Gasteiger charge is 2.23. The number of hydrogen-bond acceptors (Lipinski definition) is 6. The summed E-state index contributed by atoms with van der Waals surface area (Å²) in [6, 6.07) is 4.04. The molecule has 0 radical (unpaired) electrons. The Labute approximate surface area is 119 Å². The minimum atomic E-state index is -0.0480. The number of nitriles is 2. The van der Waals surface area contributed by atoms with Crippen LogP contribution in [0.2, 0.25) is 0 Å². The highest BCUT2D eigenvalue weighted by molar-refractivity contribution is 5.78. The van der Waals surface area contributed by atoms with Crippen LogP contribution in [0.3, 0.4) is 0 Å². The Kier molecular flexibility index (Phi) is 7.59. The Bertz CT molecular complexity index is 369. The second-order valence-electron chi connectivity index (χ2n) is 4.66. The van der Waals surface area contributed by atoms with Gasteiger partial charge in [0, 0.05) is 32.7 Å². The lowest BCUT2D eigenvalue weighted by molar-refractivity contribution is -0.134. The van der Waals surface area contributed by atoms with Gasteiger partial charge in [0.2, 0.25) is 5.91 Å². The fraction of sp³-hybridized carbons (Fsp3) is 0.769. The second-order valence-corrected chi connectivity index (χ2v) is 4.66. The molecule has 1 atom stereocenters. The zero-order valence-electron chi connectivity index (χ0n) is 11.6. The molecule has 0 aliphatic carbocycles. The fourth-order valence-electron chi connectivity index (χ4n) is 2.09. The van der Waals surface area contributed by atoms with Gasteiger partial charge < -0.3 is 15.4 Å². The second kappa shape index (κ2) is 9.27. The van der Waals surface area contributed by atoms with Gasteiger partial charge in [-0.05, 0) is 0 Å². The van der Waals surface area contributed by atoms with E-state index >= 15 is 0 Å². The molecule has 1 saturated heterocycles. The molecular weight excluding hydrogens is 258 g/mol. The third-order valence-electron chi connectivity index (χ3n) is 3.18. The molecule has 20 heavy (non-hydrogen) atoms. The number of ether oxygens (including phenoxy) is 1. The summed E-state index contributed by atoms with van der Waals surface area (Å²) in [5.74, 6) is -0.0480. The lowest BCUT2D eigenvalue weighted by atomic mass is 10.2. The van der Waals surface area contributed by atoms with Gasteiger partial charge in [-0.1, -0.05) is 0 Å². The average molecular weight is 279 g/mol. The molecule has 2 N–H and O–H groups in total. The standard InChI is InChI=1S/C13H21N5O2/c14-3-1-5-18(6-2-4-15)13(19)11-17-7-8-20-12(9-16)10-17/h12H,1-2,5-11,16H2. The van der Waals surface area contributed by atoms with Crippen molar-refractivity contribution in [2.24, 2.45) is 5.73 Å². The van der Waals surface area contributed by atoms with E-state index in [4.69, 9.17) is 21.0 Å². The van der Waals surface area contributed by atoms with Gasteiger partial charge in [0.15, 0.2) is 0 Å². The monoisotopic (exact) mass is 279 g/mol. The predicted molar refractivity (Wildman–Crippen MR) is 72.3 cm³/mol. The topological polar surface area (TPSA) is 106 Å². The highest BCUT2D eigenvalue weighted by atomic mass is 16.5. The van der Waals surface area contributed by atoms with Crippen molar-refractivity contribution in [3.8, 4) is 12.1 Å². The number of amides is 1. The molecule has 1 aliphatic heterocycles. The van der Waals surface area contributed by atoms with Gasteiger partial charge in [-0.15, -0.1) is 0 Å². The minimum absolute atomic E-state index is 0.0248. The van der Waals surface area contributed by atoms with E-state index in [1.54, 1.807) is 4.90 Å². The largest absolute Gasteiger partial charge is 0.374 e. The van der Waals surface area contributed by atoms with E-state index in [0.29, 0.717) is 39.3 Å². The smallest absolute Gasteiger partial charge is 0.236 e. The van der Waals surface area contributed by atoms with Crippen LogP contribution in [0.5, 0.6) is 0 Å². The Hall–Kier alpha value is -1.67. The lowest BCUT2D eigenvalue weighted by Gasteiger charge is -2.33. The number of nitrogens with two attached hydrogens (primary N) is 1. The van der Waals surface area contributed by atoms with Crippen molar-refractivity contribution in [1.29, 1.82) is 10.5 Å². The van der Waals surface area contributed by atoms with Crippen molar-refractivity contribution < 1.29 is 9.53 Å². The van der Waals surface area contributed by atoms with Crippen LogP contribution in [0.1, 0.15) is 12.8 Å². The number of hydrogen-bond donors (Lipinski definition) is 1. The summed E-state index contributed by atoms with van der Waals surface area (Å²) in [6.07, 6.45) is 0.542. The first-order chi connectivity index (χ1) is 9.71. The van der Waals surface area contributed by atoms with Gasteiger partial charge >= 0.3 is 0 Å². The molecule has 1 fully saturated rings. The van der Waals surface area contributed by atoms with Gasteiger partial charge in [0.1, 0.15) is 0 Å². The molecule has 1 unspecified atom stereocenters. The summed E-state index contributed by atoms with van der Waals surface area (Å²) in [6.45, 7) is 3.40. The Balaban J connectivity index is 2.47. The van der Waals surface area contributed by atoms with Crippen LogP contribution in [0, 0.1) is 22.7 Å². The van der Waals surface area contributed by atoms with Crippen LogP contribution in [-0.4, -0.2) is 67.7 Å². The summed E-state index contributed by atoms with van der Waals surface area (Å²) < 4.78 is 5.45. The molecule has 7 heteroatoms. The number of carbonyl (C=O) groups is 1. The third kappa shape index (κ3) is 5.54. The molecule has 0 aromatic carbocycles. The van der Waals surface area contributed by atoms with Crippen molar-refractivity contribution in [2.45, 2.75) is 18.9 Å². The van der Waals surface area contributed by atoms with Gasteiger partial charge in [-0.2, -0.15) is 10.5 Å². The number of carbonyl (C=O) groups excluding carboxylic acids is 1. The molecule has 0 spiro atoms. The van der Waals surface area contributed by atoms with E-state index in [2.05, 4.69) is 0 Å². The van der Waals surface area contributed by atoms with Crippen LogP contribution >= 0.6 is 0 Å². The van der Waals surface area contributed by atoms with Crippen LogP contribution in [-0.2, 0) is 9.53 Å². The average Bonchev–Trinajstić information content (AvgIpc) is 2.47. The van der Waals surface area contributed by atoms with Crippen molar-refractivity contribution in [3.05, 3.63) is 0 Å². The van der Waals surface area contributed by atoms with Crippen LogP contribution < -0.4 is 5.73 Å². The van der Waals surface area contributed by atoms with E-state index in [0.717, 1.165) is 0 Å². The number of rotatable bonds is 7. The molecule has 0 saturated carbocycles. The number of nitrogens with zero attached hydrogens (tertiary/aromatic N) is 4. The van der Waals surface area contributed by atoms with Gasteiger partial charge in [-0.3, -0.25) is 9.69 Å². The Morgan fingerprint density at radius 2 is 2.00 bits per heavy atom. The molecular formula is C13H21N5O2. The summed E-state index contributed by atoms with van der Waals surface area (Å²) in [5.41, 5.74) is 5.57. The summed E-state index contributed by atoms with van der Waals surface area (Å²) in [4.78, 5) is 15.8. The Morgan fingerprint density at radius 3 is 2.55 bits per heavy atom. The maximum atomic E-state index is 12.2. The quantitative estimate of drug-likeness (QED) is 0.660. The molecule has 0 bridgehead atoms. The summed E-state index contributed by atoms with van der Waals surface area (Å²) in [7, 11) is 0. The van der Waals surface area contributed by atoms with Gasteiger partial charge in [-0.25, -0.2) is 0 Å². The molecule has 1 heterocycles. The molecule has 0 aromatic rings. The molecule has 1 aliphatic rings. The van der Waals surface area contributed by atoms with Crippen molar-refractivity contribution >= 4 is 5.91 Å². The van der Waals surface area contributed by atoms with E-state index in [1.165, 1.54) is 0 Å². The summed E-state index contributed by atoms with van der Waals surface area (Å²) >= 11 is 0. The van der Waals surface area contributed by atoms with Crippen LogP contribution in [0.15, 0.2) is 0 Å². The van der Waals surface area contributed by atoms with Crippen molar-refractivity contribution in [2.75, 3.05) is 45.9 Å². The predicted octanol–water partition coefficient (Wildman–Crippen LogP) is -0.698. The molecule has 7 nitrogen and oxygen atoms in total. The number of morpholine rings is 1. The Morgan fingerprint density at radius 1 is 1.35 bits per heavy atom. The third-order valence-corrected chi connectivity index (χ3v) is 3.18. The van der Waals surface area contributed by atoms with E-state index in [1.807, 2.05) is 17.0 Å². The van der Waals surface area contributed by atoms with E-state index in [9.17, 15) is 4.79 Å². The van der Waals surface area contributed by atoms with Crippen LogP contribution in [0.4, 0.5) is 0 Å². The minimum Gasteiger partial charge on any atom is -0.374 e. The molecule has 1 rings (SSSR count). The zero-order chi connectivity index (χ0) is 14.8.